The number of thiocarbonyl (C=S) groups is 1. The van der Waals surface area contributed by atoms with Gasteiger partial charge in [-0.15, -0.1) is 0 Å². The predicted octanol–water partition coefficient (Wildman–Crippen LogP) is 7.90. The molecule has 0 radical (unpaired) electrons. The summed E-state index contributed by atoms with van der Waals surface area (Å²) in [4.78, 5) is 6.66. The Balaban J connectivity index is 1.62. The number of pyridine rings is 1. The Bertz CT molecular complexity index is 1340. The molecule has 33 heavy (non-hydrogen) atoms. The minimum atomic E-state index is -0.250. The van der Waals surface area contributed by atoms with Crippen LogP contribution in [0.3, 0.4) is 0 Å². The quantitative estimate of drug-likeness (QED) is 0.258. The van der Waals surface area contributed by atoms with Gasteiger partial charge in [0.1, 0.15) is 17.6 Å². The molecule has 1 aliphatic rings. The van der Waals surface area contributed by atoms with Crippen LogP contribution >= 0.6 is 51.3 Å². The molecule has 0 bridgehead atoms. The van der Waals surface area contributed by atoms with Crippen LogP contribution in [0.2, 0.25) is 10.0 Å². The molecule has 0 spiro atoms. The van der Waals surface area contributed by atoms with Gasteiger partial charge >= 0.3 is 0 Å². The van der Waals surface area contributed by atoms with Crippen LogP contribution in [0.15, 0.2) is 81.8 Å². The summed E-state index contributed by atoms with van der Waals surface area (Å²) < 4.78 is 7.41. The van der Waals surface area contributed by atoms with E-state index in [-0.39, 0.29) is 12.1 Å². The van der Waals surface area contributed by atoms with E-state index in [0.29, 0.717) is 20.9 Å². The van der Waals surface area contributed by atoms with Gasteiger partial charge in [-0.3, -0.25) is 4.98 Å². The minimum Gasteiger partial charge on any atom is -0.459 e. The molecule has 0 saturated carbocycles. The van der Waals surface area contributed by atoms with Crippen molar-refractivity contribution in [2.75, 3.05) is 4.90 Å². The molecule has 1 aliphatic heterocycles. The fourth-order valence-electron chi connectivity index (χ4n) is 4.05. The monoisotopic (exact) mass is 557 g/mol. The second-order valence-electron chi connectivity index (χ2n) is 7.73. The second kappa shape index (κ2) is 9.11. The smallest absolute Gasteiger partial charge is 0.174 e. The van der Waals surface area contributed by atoms with Crippen LogP contribution in [0.25, 0.3) is 11.3 Å². The number of rotatable bonds is 4. The highest BCUT2D eigenvalue weighted by Gasteiger charge is 2.42. The minimum absolute atomic E-state index is 0.198. The lowest BCUT2D eigenvalue weighted by atomic mass is 10.0. The summed E-state index contributed by atoms with van der Waals surface area (Å²) in [6, 6.07) is 20.9. The topological polar surface area (TPSA) is 41.3 Å². The van der Waals surface area contributed by atoms with Crippen LogP contribution in [0.4, 0.5) is 5.69 Å². The number of aromatic nitrogens is 1. The summed E-state index contributed by atoms with van der Waals surface area (Å²) in [5.74, 6) is 1.38. The van der Waals surface area contributed by atoms with Crippen molar-refractivity contribution in [1.29, 1.82) is 0 Å². The molecular formula is C25H18BrCl2N3OS. The van der Waals surface area contributed by atoms with E-state index in [0.717, 1.165) is 32.7 Å². The molecule has 0 aliphatic carbocycles. The lowest BCUT2D eigenvalue weighted by molar-refractivity contribution is 0.439. The lowest BCUT2D eigenvalue weighted by Crippen LogP contribution is -2.29. The largest absolute Gasteiger partial charge is 0.459 e. The first-order chi connectivity index (χ1) is 15.9. The fraction of sp³-hybridized carbons (Fsp3) is 0.120. The van der Waals surface area contributed by atoms with Crippen LogP contribution in [0.1, 0.15) is 29.1 Å². The van der Waals surface area contributed by atoms with Crippen LogP contribution in [-0.2, 0) is 0 Å². The van der Waals surface area contributed by atoms with Crippen molar-refractivity contribution >= 4 is 62.1 Å². The Morgan fingerprint density at radius 2 is 1.91 bits per heavy atom. The Labute approximate surface area is 215 Å². The van der Waals surface area contributed by atoms with Crippen molar-refractivity contribution in [2.45, 2.75) is 19.0 Å². The Morgan fingerprint density at radius 1 is 1.06 bits per heavy atom. The van der Waals surface area contributed by atoms with Gasteiger partial charge in [-0.25, -0.2) is 0 Å². The van der Waals surface area contributed by atoms with E-state index in [4.69, 9.17) is 39.8 Å². The van der Waals surface area contributed by atoms with E-state index in [1.54, 1.807) is 12.3 Å². The normalized spacial score (nSPS) is 17.9. The molecule has 2 aromatic heterocycles. The van der Waals surface area contributed by atoms with Crippen molar-refractivity contribution in [3.8, 4) is 11.3 Å². The van der Waals surface area contributed by atoms with Crippen LogP contribution < -0.4 is 10.2 Å². The van der Waals surface area contributed by atoms with Gasteiger partial charge in [-0.1, -0.05) is 51.3 Å². The molecule has 5 rings (SSSR count). The zero-order valence-corrected chi connectivity index (χ0v) is 21.3. The maximum atomic E-state index is 6.45. The molecule has 0 unspecified atom stereocenters. The van der Waals surface area contributed by atoms with Gasteiger partial charge in [0, 0.05) is 21.9 Å². The first-order valence-electron chi connectivity index (χ1n) is 10.2. The first kappa shape index (κ1) is 22.4. The standard InChI is InChI=1S/C25H18BrCl2N3OS/c1-14-13-15(8-9-17(14)26)31-24(23(30-25(31)33)19-7-2-3-12-29-19)21-11-10-20(32-21)16-5-4-6-18(27)22(16)28/h2-13,23-24H,1H3,(H,30,33)/t23-,24+/m0/s1. The van der Waals surface area contributed by atoms with E-state index in [1.807, 2.05) is 54.6 Å². The summed E-state index contributed by atoms with van der Waals surface area (Å²) in [5, 5.41) is 5.00. The Morgan fingerprint density at radius 3 is 2.67 bits per heavy atom. The number of furan rings is 1. The van der Waals surface area contributed by atoms with Crippen molar-refractivity contribution in [3.05, 3.63) is 104 Å². The summed E-state index contributed by atoms with van der Waals surface area (Å²) in [5.41, 5.74) is 3.70. The molecule has 1 N–H and O–H groups in total. The van der Waals surface area contributed by atoms with Crippen molar-refractivity contribution in [1.82, 2.24) is 10.3 Å². The number of benzene rings is 2. The van der Waals surface area contributed by atoms with Gasteiger partial charge in [0.05, 0.1) is 21.8 Å². The fourth-order valence-corrected chi connectivity index (χ4v) is 5.04. The number of halogens is 3. The van der Waals surface area contributed by atoms with E-state index < -0.39 is 0 Å². The number of anilines is 1. The average molecular weight is 559 g/mol. The number of nitrogens with zero attached hydrogens (tertiary/aromatic N) is 2. The van der Waals surface area contributed by atoms with Gasteiger partial charge in [0.15, 0.2) is 5.11 Å². The maximum Gasteiger partial charge on any atom is 0.174 e. The Hall–Kier alpha value is -2.38. The van der Waals surface area contributed by atoms with Crippen molar-refractivity contribution in [2.24, 2.45) is 0 Å². The summed E-state index contributed by atoms with van der Waals surface area (Å²) in [6.45, 7) is 2.05. The average Bonchev–Trinajstić information content (AvgIpc) is 3.43. The third kappa shape index (κ3) is 4.17. The molecule has 4 nitrogen and oxygen atoms in total. The summed E-state index contributed by atoms with van der Waals surface area (Å²) >= 11 is 22.1. The predicted molar refractivity (Wildman–Crippen MR) is 141 cm³/mol. The number of aryl methyl sites for hydroxylation is 1. The zero-order chi connectivity index (χ0) is 23.1. The molecule has 166 valence electrons. The summed E-state index contributed by atoms with van der Waals surface area (Å²) in [7, 11) is 0. The van der Waals surface area contributed by atoms with Gasteiger partial charge in [-0.2, -0.15) is 0 Å². The van der Waals surface area contributed by atoms with Gasteiger partial charge in [0.2, 0.25) is 0 Å². The van der Waals surface area contributed by atoms with Gasteiger partial charge in [0.25, 0.3) is 0 Å². The molecule has 1 fully saturated rings. The molecule has 0 amide bonds. The molecule has 2 aromatic carbocycles. The van der Waals surface area contributed by atoms with E-state index in [2.05, 4.69) is 44.1 Å². The van der Waals surface area contributed by atoms with E-state index in [9.17, 15) is 0 Å². The number of hydrogen-bond acceptors (Lipinski definition) is 3. The molecule has 1 saturated heterocycles. The third-order valence-corrected chi connectivity index (χ3v) is 7.68. The van der Waals surface area contributed by atoms with E-state index >= 15 is 0 Å². The molecule has 3 heterocycles. The third-order valence-electron chi connectivity index (χ3n) is 5.65. The van der Waals surface area contributed by atoms with Crippen LogP contribution in [0.5, 0.6) is 0 Å². The number of hydrogen-bond donors (Lipinski definition) is 1. The lowest BCUT2D eigenvalue weighted by Gasteiger charge is -2.26. The van der Waals surface area contributed by atoms with Crippen LogP contribution in [-0.4, -0.2) is 10.1 Å². The highest BCUT2D eigenvalue weighted by Crippen LogP contribution is 2.44. The highest BCUT2D eigenvalue weighted by molar-refractivity contribution is 9.10. The molecular weight excluding hydrogens is 541 g/mol. The SMILES string of the molecule is Cc1cc(N2C(=S)N[C@@H](c3ccccn3)[C@H]2c2ccc(-c3cccc(Cl)c3Cl)o2)ccc1Br. The van der Waals surface area contributed by atoms with Crippen molar-refractivity contribution < 1.29 is 4.42 Å². The maximum absolute atomic E-state index is 6.45. The number of nitrogens with one attached hydrogen (secondary N) is 1. The second-order valence-corrected chi connectivity index (χ2v) is 9.76. The highest BCUT2D eigenvalue weighted by atomic mass is 79.9. The Kier molecular flexibility index (Phi) is 6.18. The van der Waals surface area contributed by atoms with Crippen molar-refractivity contribution in [3.63, 3.8) is 0 Å². The molecule has 4 aromatic rings. The first-order valence-corrected chi connectivity index (χ1v) is 12.2. The molecule has 8 heteroatoms. The van der Waals surface area contributed by atoms with Gasteiger partial charge in [-0.05, 0) is 79.3 Å². The van der Waals surface area contributed by atoms with E-state index in [1.165, 1.54) is 0 Å². The molecule has 2 atom stereocenters. The van der Waals surface area contributed by atoms with Gasteiger partial charge < -0.3 is 14.6 Å². The summed E-state index contributed by atoms with van der Waals surface area (Å²) in [6.07, 6.45) is 1.78. The zero-order valence-electron chi connectivity index (χ0n) is 17.4. The van der Waals surface area contributed by atoms with Crippen LogP contribution in [0, 0.1) is 6.92 Å².